The van der Waals surface area contributed by atoms with E-state index in [9.17, 15) is 0 Å². The van der Waals surface area contributed by atoms with Crippen molar-refractivity contribution in [1.82, 2.24) is 5.32 Å². The summed E-state index contributed by atoms with van der Waals surface area (Å²) in [6, 6.07) is 4.78. The summed E-state index contributed by atoms with van der Waals surface area (Å²) in [6.45, 7) is 8.59. The van der Waals surface area contributed by atoms with Crippen molar-refractivity contribution in [3.8, 4) is 17.2 Å². The van der Waals surface area contributed by atoms with E-state index in [0.29, 0.717) is 31.6 Å². The van der Waals surface area contributed by atoms with Gasteiger partial charge in [-0.3, -0.25) is 0 Å². The van der Waals surface area contributed by atoms with Gasteiger partial charge in [-0.05, 0) is 51.3 Å². The number of hydrogen-bond donors (Lipinski definition) is 1. The van der Waals surface area contributed by atoms with E-state index in [-0.39, 0.29) is 0 Å². The summed E-state index contributed by atoms with van der Waals surface area (Å²) in [4.78, 5) is 0. The number of nitrogens with one attached hydrogen (secondary N) is 1. The fourth-order valence-electron chi connectivity index (χ4n) is 2.09. The van der Waals surface area contributed by atoms with E-state index in [1.165, 1.54) is 18.4 Å². The number of benzene rings is 1. The fraction of sp³-hybridized carbons (Fsp3) is 0.625. The molecule has 2 rings (SSSR count). The monoisotopic (exact) mass is 279 g/mol. The second-order valence-corrected chi connectivity index (χ2v) is 4.88. The molecule has 1 aliphatic rings. The van der Waals surface area contributed by atoms with Crippen molar-refractivity contribution in [2.45, 2.75) is 46.2 Å². The Morgan fingerprint density at radius 2 is 1.50 bits per heavy atom. The molecular weight excluding hydrogens is 254 g/mol. The van der Waals surface area contributed by atoms with Crippen molar-refractivity contribution >= 4 is 0 Å². The highest BCUT2D eigenvalue weighted by molar-refractivity contribution is 5.54. The zero-order valence-electron chi connectivity index (χ0n) is 12.7. The van der Waals surface area contributed by atoms with Gasteiger partial charge < -0.3 is 19.5 Å². The average Bonchev–Trinajstić information content (AvgIpc) is 3.25. The van der Waals surface area contributed by atoms with Gasteiger partial charge >= 0.3 is 0 Å². The molecule has 0 aliphatic heterocycles. The Morgan fingerprint density at radius 1 is 0.950 bits per heavy atom. The normalized spacial score (nSPS) is 14.2. The molecule has 1 N–H and O–H groups in total. The summed E-state index contributed by atoms with van der Waals surface area (Å²) in [7, 11) is 0. The molecule has 0 atom stereocenters. The highest BCUT2D eigenvalue weighted by Crippen LogP contribution is 2.39. The Bertz CT molecular complexity index is 403. The first kappa shape index (κ1) is 15.0. The van der Waals surface area contributed by atoms with Crippen LogP contribution in [0, 0.1) is 0 Å². The minimum atomic E-state index is 0.597. The highest BCUT2D eigenvalue weighted by atomic mass is 16.5. The zero-order valence-corrected chi connectivity index (χ0v) is 12.7. The first-order valence-corrected chi connectivity index (χ1v) is 7.57. The van der Waals surface area contributed by atoms with Gasteiger partial charge in [0, 0.05) is 12.6 Å². The van der Waals surface area contributed by atoms with Crippen LogP contribution in [0.15, 0.2) is 12.1 Å². The van der Waals surface area contributed by atoms with E-state index in [1.54, 1.807) is 0 Å². The summed E-state index contributed by atoms with van der Waals surface area (Å²) < 4.78 is 17.1. The van der Waals surface area contributed by atoms with Gasteiger partial charge in [0.05, 0.1) is 19.8 Å². The van der Waals surface area contributed by atoms with E-state index in [1.807, 2.05) is 32.9 Å². The fourth-order valence-corrected chi connectivity index (χ4v) is 2.09. The van der Waals surface area contributed by atoms with Gasteiger partial charge in [-0.15, -0.1) is 0 Å². The van der Waals surface area contributed by atoms with Crippen molar-refractivity contribution in [2.75, 3.05) is 19.8 Å². The van der Waals surface area contributed by atoms with Crippen LogP contribution < -0.4 is 19.5 Å². The van der Waals surface area contributed by atoms with Crippen molar-refractivity contribution < 1.29 is 14.2 Å². The van der Waals surface area contributed by atoms with E-state index < -0.39 is 0 Å². The van der Waals surface area contributed by atoms with E-state index in [0.717, 1.165) is 18.0 Å². The maximum atomic E-state index is 5.71. The van der Waals surface area contributed by atoms with Crippen LogP contribution in [0.4, 0.5) is 0 Å². The summed E-state index contributed by atoms with van der Waals surface area (Å²) in [5, 5.41) is 3.51. The van der Waals surface area contributed by atoms with Crippen LogP contribution in [0.3, 0.4) is 0 Å². The summed E-state index contributed by atoms with van der Waals surface area (Å²) in [5.41, 5.74) is 1.17. The number of hydrogen-bond acceptors (Lipinski definition) is 4. The first-order valence-electron chi connectivity index (χ1n) is 7.57. The molecule has 0 aromatic heterocycles. The van der Waals surface area contributed by atoms with Gasteiger partial charge in [0.1, 0.15) is 0 Å². The third kappa shape index (κ3) is 4.04. The topological polar surface area (TPSA) is 39.7 Å². The van der Waals surface area contributed by atoms with Crippen LogP contribution >= 0.6 is 0 Å². The summed E-state index contributed by atoms with van der Waals surface area (Å²) in [6.07, 6.45) is 2.57. The van der Waals surface area contributed by atoms with Crippen molar-refractivity contribution in [2.24, 2.45) is 0 Å². The summed E-state index contributed by atoms with van der Waals surface area (Å²) in [5.74, 6) is 2.26. The van der Waals surface area contributed by atoms with Crippen LogP contribution in [0.2, 0.25) is 0 Å². The van der Waals surface area contributed by atoms with Crippen molar-refractivity contribution in [3.63, 3.8) is 0 Å². The third-order valence-corrected chi connectivity index (χ3v) is 3.14. The maximum Gasteiger partial charge on any atom is 0.203 e. The quantitative estimate of drug-likeness (QED) is 0.754. The molecule has 1 saturated carbocycles. The zero-order chi connectivity index (χ0) is 14.4. The Kier molecular flexibility index (Phi) is 5.53. The second kappa shape index (κ2) is 7.39. The van der Waals surface area contributed by atoms with Crippen LogP contribution in [0.5, 0.6) is 17.2 Å². The lowest BCUT2D eigenvalue weighted by atomic mass is 10.1. The third-order valence-electron chi connectivity index (χ3n) is 3.14. The molecule has 0 radical (unpaired) electrons. The Hall–Kier alpha value is -1.42. The SMILES string of the molecule is CCOc1cc(CNC2CC2)cc(OCC)c1OCC. The minimum Gasteiger partial charge on any atom is -0.490 e. The lowest BCUT2D eigenvalue weighted by Crippen LogP contribution is -2.15. The molecule has 0 heterocycles. The van der Waals surface area contributed by atoms with Gasteiger partial charge in [-0.2, -0.15) is 0 Å². The Labute approximate surface area is 121 Å². The lowest BCUT2D eigenvalue weighted by Gasteiger charge is -2.17. The molecule has 1 aromatic carbocycles. The molecular formula is C16H25NO3. The van der Waals surface area contributed by atoms with Gasteiger partial charge in [-0.1, -0.05) is 0 Å². The maximum absolute atomic E-state index is 5.71. The molecule has 0 bridgehead atoms. The predicted molar refractivity (Wildman–Crippen MR) is 79.8 cm³/mol. The van der Waals surface area contributed by atoms with Crippen molar-refractivity contribution in [3.05, 3.63) is 17.7 Å². The molecule has 112 valence electrons. The standard InChI is InChI=1S/C16H25NO3/c1-4-18-14-9-12(11-17-13-7-8-13)10-15(19-5-2)16(14)20-6-3/h9-10,13,17H,4-8,11H2,1-3H3. The van der Waals surface area contributed by atoms with Crippen LogP contribution in [0.1, 0.15) is 39.2 Å². The van der Waals surface area contributed by atoms with E-state index >= 15 is 0 Å². The predicted octanol–water partition coefficient (Wildman–Crippen LogP) is 3.13. The van der Waals surface area contributed by atoms with E-state index in [2.05, 4.69) is 5.32 Å². The molecule has 1 aliphatic carbocycles. The summed E-state index contributed by atoms with van der Waals surface area (Å²) >= 11 is 0. The molecule has 1 aromatic rings. The number of ether oxygens (including phenoxy) is 3. The van der Waals surface area contributed by atoms with Crippen molar-refractivity contribution in [1.29, 1.82) is 0 Å². The first-order chi connectivity index (χ1) is 9.78. The average molecular weight is 279 g/mol. The molecule has 4 heteroatoms. The molecule has 4 nitrogen and oxygen atoms in total. The van der Waals surface area contributed by atoms with Crippen LogP contribution in [-0.4, -0.2) is 25.9 Å². The molecule has 0 unspecified atom stereocenters. The Morgan fingerprint density at radius 3 is 1.95 bits per heavy atom. The largest absolute Gasteiger partial charge is 0.490 e. The van der Waals surface area contributed by atoms with Gasteiger partial charge in [0.15, 0.2) is 11.5 Å². The number of rotatable bonds is 9. The molecule has 0 spiro atoms. The minimum absolute atomic E-state index is 0.597. The Balaban J connectivity index is 2.22. The van der Waals surface area contributed by atoms with Crippen LogP contribution in [0.25, 0.3) is 0 Å². The van der Waals surface area contributed by atoms with Gasteiger partial charge in [0.25, 0.3) is 0 Å². The highest BCUT2D eigenvalue weighted by Gasteiger charge is 2.21. The molecule has 0 amide bonds. The van der Waals surface area contributed by atoms with E-state index in [4.69, 9.17) is 14.2 Å². The molecule has 20 heavy (non-hydrogen) atoms. The smallest absolute Gasteiger partial charge is 0.203 e. The van der Waals surface area contributed by atoms with Gasteiger partial charge in [-0.25, -0.2) is 0 Å². The second-order valence-electron chi connectivity index (χ2n) is 4.88. The van der Waals surface area contributed by atoms with Crippen LogP contribution in [-0.2, 0) is 6.54 Å². The lowest BCUT2D eigenvalue weighted by molar-refractivity contribution is 0.260. The molecule has 1 fully saturated rings. The van der Waals surface area contributed by atoms with Gasteiger partial charge in [0.2, 0.25) is 5.75 Å². The molecule has 0 saturated heterocycles.